The number of sulfonamides is 1. The van der Waals surface area contributed by atoms with Crippen molar-refractivity contribution in [3.63, 3.8) is 0 Å². The van der Waals surface area contributed by atoms with Crippen LogP contribution in [-0.2, 0) is 24.3 Å². The molecule has 0 aliphatic heterocycles. The molecule has 0 rings (SSSR count). The lowest BCUT2D eigenvalue weighted by Gasteiger charge is -2.17. The number of carbonyl (C=O) groups excluding carboxylic acids is 2. The number of nitrogens with zero attached hydrogens (tertiary/aromatic N) is 1. The highest BCUT2D eigenvalue weighted by Gasteiger charge is 2.20. The molecule has 0 aliphatic carbocycles. The molecule has 0 fully saturated rings. The average molecular weight is 294 g/mol. The zero-order chi connectivity index (χ0) is 15.1. The molecule has 0 bridgehead atoms. The number of hydrogen-bond acceptors (Lipinski definition) is 5. The lowest BCUT2D eigenvalue weighted by molar-refractivity contribution is -0.140. The summed E-state index contributed by atoms with van der Waals surface area (Å²) in [5.74, 6) is -0.988. The monoisotopic (exact) mass is 294 g/mol. The molecular formula is C11H22N2O5S. The Hall–Kier alpha value is -1.15. The van der Waals surface area contributed by atoms with Gasteiger partial charge in [0.25, 0.3) is 0 Å². The van der Waals surface area contributed by atoms with E-state index in [4.69, 9.17) is 0 Å². The molecule has 0 aromatic rings. The number of likely N-dealkylation sites (N-methyl/N-ethyl adjacent to an activating group) is 1. The van der Waals surface area contributed by atoms with Gasteiger partial charge in [-0.2, -0.15) is 4.31 Å². The van der Waals surface area contributed by atoms with Crippen molar-refractivity contribution < 1.29 is 22.7 Å². The third-order valence-corrected chi connectivity index (χ3v) is 4.19. The number of rotatable bonds is 8. The van der Waals surface area contributed by atoms with Crippen LogP contribution in [0.5, 0.6) is 0 Å². The van der Waals surface area contributed by atoms with E-state index in [-0.39, 0.29) is 37.1 Å². The SMILES string of the molecule is COC(=O)CCCS(=O)(=O)N(C)CC(=O)NC(C)C. The van der Waals surface area contributed by atoms with Gasteiger partial charge in [0.15, 0.2) is 0 Å². The van der Waals surface area contributed by atoms with Gasteiger partial charge in [-0.15, -0.1) is 0 Å². The summed E-state index contributed by atoms with van der Waals surface area (Å²) in [6.45, 7) is 3.37. The minimum Gasteiger partial charge on any atom is -0.469 e. The maximum Gasteiger partial charge on any atom is 0.305 e. The summed E-state index contributed by atoms with van der Waals surface area (Å²) < 4.78 is 29.0. The maximum atomic E-state index is 11.8. The summed E-state index contributed by atoms with van der Waals surface area (Å²) in [5.41, 5.74) is 0. The first-order valence-electron chi connectivity index (χ1n) is 5.99. The maximum absolute atomic E-state index is 11.8. The van der Waals surface area contributed by atoms with E-state index in [2.05, 4.69) is 10.1 Å². The van der Waals surface area contributed by atoms with Crippen LogP contribution in [0.4, 0.5) is 0 Å². The van der Waals surface area contributed by atoms with Gasteiger partial charge in [0.05, 0.1) is 19.4 Å². The van der Waals surface area contributed by atoms with Crippen LogP contribution in [0.2, 0.25) is 0 Å². The van der Waals surface area contributed by atoms with Crippen molar-refractivity contribution in [3.8, 4) is 0 Å². The molecule has 7 nitrogen and oxygen atoms in total. The predicted octanol–water partition coefficient (Wildman–Crippen LogP) is -0.274. The van der Waals surface area contributed by atoms with Gasteiger partial charge in [0.1, 0.15) is 0 Å². The van der Waals surface area contributed by atoms with Crippen molar-refractivity contribution in [2.45, 2.75) is 32.7 Å². The molecule has 0 saturated carbocycles. The lowest BCUT2D eigenvalue weighted by atomic mass is 10.3. The molecule has 0 atom stereocenters. The fourth-order valence-corrected chi connectivity index (χ4v) is 2.46. The van der Waals surface area contributed by atoms with E-state index in [0.29, 0.717) is 0 Å². The van der Waals surface area contributed by atoms with E-state index in [0.717, 1.165) is 4.31 Å². The average Bonchev–Trinajstić information content (AvgIpc) is 2.27. The summed E-state index contributed by atoms with van der Waals surface area (Å²) >= 11 is 0. The first kappa shape index (κ1) is 17.8. The van der Waals surface area contributed by atoms with Crippen LogP contribution in [0.1, 0.15) is 26.7 Å². The van der Waals surface area contributed by atoms with Crippen LogP contribution >= 0.6 is 0 Å². The largest absolute Gasteiger partial charge is 0.469 e. The Kier molecular flexibility index (Phi) is 7.62. The van der Waals surface area contributed by atoms with Gasteiger partial charge in [-0.25, -0.2) is 8.42 Å². The van der Waals surface area contributed by atoms with Crippen LogP contribution in [-0.4, -0.2) is 57.1 Å². The smallest absolute Gasteiger partial charge is 0.305 e. The molecule has 1 N–H and O–H groups in total. The van der Waals surface area contributed by atoms with Crippen molar-refractivity contribution in [3.05, 3.63) is 0 Å². The number of hydrogen-bond donors (Lipinski definition) is 1. The van der Waals surface area contributed by atoms with E-state index in [1.807, 2.05) is 0 Å². The zero-order valence-corrected chi connectivity index (χ0v) is 12.6. The first-order valence-corrected chi connectivity index (χ1v) is 7.60. The van der Waals surface area contributed by atoms with Crippen LogP contribution in [0.15, 0.2) is 0 Å². The molecule has 0 aliphatic rings. The zero-order valence-electron chi connectivity index (χ0n) is 11.8. The highest BCUT2D eigenvalue weighted by molar-refractivity contribution is 7.89. The van der Waals surface area contributed by atoms with E-state index < -0.39 is 16.0 Å². The molecule has 112 valence electrons. The highest BCUT2D eigenvalue weighted by Crippen LogP contribution is 2.03. The Morgan fingerprint density at radius 3 is 2.37 bits per heavy atom. The number of esters is 1. The molecule has 19 heavy (non-hydrogen) atoms. The molecule has 0 unspecified atom stereocenters. The summed E-state index contributed by atoms with van der Waals surface area (Å²) in [5, 5.41) is 2.61. The molecular weight excluding hydrogens is 272 g/mol. The minimum absolute atomic E-state index is 0.0390. The molecule has 8 heteroatoms. The fraction of sp³-hybridized carbons (Fsp3) is 0.818. The second-order valence-electron chi connectivity index (χ2n) is 4.47. The van der Waals surface area contributed by atoms with Crippen molar-refractivity contribution in [1.29, 1.82) is 0 Å². The van der Waals surface area contributed by atoms with Crippen molar-refractivity contribution in [2.24, 2.45) is 0 Å². The fourth-order valence-electron chi connectivity index (χ4n) is 1.33. The topological polar surface area (TPSA) is 92.8 Å². The first-order chi connectivity index (χ1) is 8.69. The molecule has 0 aromatic heterocycles. The van der Waals surface area contributed by atoms with Gasteiger partial charge in [-0.05, 0) is 20.3 Å². The van der Waals surface area contributed by atoms with Gasteiger partial charge in [-0.1, -0.05) is 0 Å². The van der Waals surface area contributed by atoms with E-state index in [9.17, 15) is 18.0 Å². The Bertz CT molecular complexity index is 405. The molecule has 0 spiro atoms. The van der Waals surface area contributed by atoms with E-state index in [1.54, 1.807) is 13.8 Å². The quantitative estimate of drug-likeness (QED) is 0.622. The molecule has 0 saturated heterocycles. The Balaban J connectivity index is 4.25. The Morgan fingerprint density at radius 1 is 1.32 bits per heavy atom. The molecule has 0 radical (unpaired) electrons. The summed E-state index contributed by atoms with van der Waals surface area (Å²) in [7, 11) is -0.940. The number of carbonyl (C=O) groups is 2. The Labute approximate surface area is 114 Å². The molecule has 0 aromatic carbocycles. The summed E-state index contributed by atoms with van der Waals surface area (Å²) in [6.07, 6.45) is 0.215. The standard InChI is InChI=1S/C11H22N2O5S/c1-9(2)12-10(14)8-13(3)19(16,17)7-5-6-11(15)18-4/h9H,5-8H2,1-4H3,(H,12,14). The van der Waals surface area contributed by atoms with Crippen molar-refractivity contribution in [1.82, 2.24) is 9.62 Å². The van der Waals surface area contributed by atoms with Crippen molar-refractivity contribution in [2.75, 3.05) is 26.5 Å². The van der Waals surface area contributed by atoms with Crippen LogP contribution in [0.25, 0.3) is 0 Å². The molecule has 1 amide bonds. The second-order valence-corrected chi connectivity index (χ2v) is 6.67. The number of amides is 1. The summed E-state index contributed by atoms with van der Waals surface area (Å²) in [4.78, 5) is 22.3. The second kappa shape index (κ2) is 8.11. The number of nitrogens with one attached hydrogen (secondary N) is 1. The van der Waals surface area contributed by atoms with E-state index >= 15 is 0 Å². The summed E-state index contributed by atoms with van der Waals surface area (Å²) in [6, 6.07) is -0.0390. The van der Waals surface area contributed by atoms with Crippen molar-refractivity contribution >= 4 is 21.9 Å². The highest BCUT2D eigenvalue weighted by atomic mass is 32.2. The molecule has 0 heterocycles. The van der Waals surface area contributed by atoms with E-state index in [1.165, 1.54) is 14.2 Å². The number of methoxy groups -OCH3 is 1. The number of ether oxygens (including phenoxy) is 1. The Morgan fingerprint density at radius 2 is 1.89 bits per heavy atom. The predicted molar refractivity (Wildman–Crippen MR) is 70.9 cm³/mol. The third-order valence-electron chi connectivity index (χ3n) is 2.30. The lowest BCUT2D eigenvalue weighted by Crippen LogP contribution is -2.41. The third kappa shape index (κ3) is 7.78. The van der Waals surface area contributed by atoms with Crippen LogP contribution in [0, 0.1) is 0 Å². The van der Waals surface area contributed by atoms with Gasteiger partial charge < -0.3 is 10.1 Å². The van der Waals surface area contributed by atoms with Crippen LogP contribution in [0.3, 0.4) is 0 Å². The van der Waals surface area contributed by atoms with Gasteiger partial charge >= 0.3 is 5.97 Å². The van der Waals surface area contributed by atoms with Gasteiger partial charge in [0.2, 0.25) is 15.9 Å². The normalized spacial score (nSPS) is 11.7. The van der Waals surface area contributed by atoms with Gasteiger partial charge in [0, 0.05) is 19.5 Å². The van der Waals surface area contributed by atoms with Gasteiger partial charge in [-0.3, -0.25) is 9.59 Å². The van der Waals surface area contributed by atoms with Crippen LogP contribution < -0.4 is 5.32 Å². The minimum atomic E-state index is -3.53.